The zero-order chi connectivity index (χ0) is 23.3. The molecule has 0 atom stereocenters. The van der Waals surface area contributed by atoms with Gasteiger partial charge in [-0.05, 0) is 69.0 Å². The van der Waals surface area contributed by atoms with Gasteiger partial charge in [-0.2, -0.15) is 0 Å². The van der Waals surface area contributed by atoms with E-state index in [0.29, 0.717) is 35.0 Å². The molecule has 0 aliphatic heterocycles. The van der Waals surface area contributed by atoms with Gasteiger partial charge >= 0.3 is 5.97 Å². The molecule has 2 N–H and O–H groups in total. The van der Waals surface area contributed by atoms with E-state index >= 15 is 0 Å². The molecule has 1 heterocycles. The summed E-state index contributed by atoms with van der Waals surface area (Å²) in [6.45, 7) is 3.69. The lowest BCUT2D eigenvalue weighted by Gasteiger charge is -2.27. The number of fused-ring (bicyclic) bond motifs is 1. The number of thiocarbonyl (C=S) groups is 1. The first kappa shape index (κ1) is 23.4. The molecule has 0 aliphatic rings. The number of ether oxygens (including phenoxy) is 1. The molecule has 32 heavy (non-hydrogen) atoms. The van der Waals surface area contributed by atoms with Crippen molar-refractivity contribution in [2.45, 2.75) is 13.5 Å². The lowest BCUT2D eigenvalue weighted by Crippen LogP contribution is -2.40. The van der Waals surface area contributed by atoms with Crippen molar-refractivity contribution in [1.82, 2.24) is 14.8 Å². The second-order valence-electron chi connectivity index (χ2n) is 7.91. The Hall–Kier alpha value is -3.23. The van der Waals surface area contributed by atoms with Crippen molar-refractivity contribution in [3.05, 3.63) is 75.6 Å². The summed E-state index contributed by atoms with van der Waals surface area (Å²) in [7, 11) is 5.30. The lowest BCUT2D eigenvalue weighted by atomic mass is 10.1. The van der Waals surface area contributed by atoms with Gasteiger partial charge in [-0.25, -0.2) is 4.79 Å². The van der Waals surface area contributed by atoms with Gasteiger partial charge in [0.25, 0.3) is 5.56 Å². The van der Waals surface area contributed by atoms with Gasteiger partial charge in [-0.3, -0.25) is 4.79 Å². The second-order valence-corrected chi connectivity index (χ2v) is 8.29. The molecule has 0 amide bonds. The normalized spacial score (nSPS) is 10.9. The number of methoxy groups -OCH3 is 1. The maximum absolute atomic E-state index is 12.7. The highest BCUT2D eigenvalue weighted by Gasteiger charge is 2.17. The highest BCUT2D eigenvalue weighted by atomic mass is 32.1. The quantitative estimate of drug-likeness (QED) is 0.420. The highest BCUT2D eigenvalue weighted by molar-refractivity contribution is 7.80. The maximum Gasteiger partial charge on any atom is 0.339 e. The number of aromatic nitrogens is 1. The Morgan fingerprint density at radius 1 is 1.12 bits per heavy atom. The first-order valence-corrected chi connectivity index (χ1v) is 10.7. The molecule has 168 valence electrons. The number of pyridine rings is 1. The molecule has 0 spiro atoms. The summed E-state index contributed by atoms with van der Waals surface area (Å²) in [5.41, 5.74) is 3.35. The zero-order valence-electron chi connectivity index (χ0n) is 18.8. The Morgan fingerprint density at radius 2 is 1.88 bits per heavy atom. The minimum Gasteiger partial charge on any atom is -0.465 e. The monoisotopic (exact) mass is 452 g/mol. The van der Waals surface area contributed by atoms with Crippen LogP contribution in [0.4, 0.5) is 5.69 Å². The fourth-order valence-electron chi connectivity index (χ4n) is 3.34. The zero-order valence-corrected chi connectivity index (χ0v) is 19.6. The smallest absolute Gasteiger partial charge is 0.339 e. The number of esters is 1. The fourth-order valence-corrected chi connectivity index (χ4v) is 3.61. The molecule has 3 rings (SSSR count). The number of carbonyl (C=O) groups excluding carboxylic acids is 1. The molecule has 0 aliphatic carbocycles. The molecule has 0 unspecified atom stereocenters. The number of hydrogen-bond donors (Lipinski definition) is 2. The van der Waals surface area contributed by atoms with Crippen LogP contribution >= 0.6 is 12.2 Å². The topological polar surface area (TPSA) is 77.7 Å². The Labute approximate surface area is 193 Å². The van der Waals surface area contributed by atoms with Crippen LogP contribution in [0, 0.1) is 6.92 Å². The van der Waals surface area contributed by atoms with Gasteiger partial charge in [0.15, 0.2) is 5.11 Å². The number of likely N-dealkylation sites (N-methyl/N-ethyl adjacent to an activating group) is 1. The van der Waals surface area contributed by atoms with Gasteiger partial charge in [-0.15, -0.1) is 0 Å². The van der Waals surface area contributed by atoms with E-state index in [1.54, 1.807) is 18.2 Å². The number of aryl methyl sites for hydroxylation is 1. The molecule has 0 saturated carbocycles. The van der Waals surface area contributed by atoms with E-state index in [1.165, 1.54) is 7.11 Å². The third-order valence-electron chi connectivity index (χ3n) is 5.12. The van der Waals surface area contributed by atoms with Crippen LogP contribution in [0.15, 0.2) is 53.3 Å². The van der Waals surface area contributed by atoms with Crippen LogP contribution in [0.1, 0.15) is 21.5 Å². The van der Waals surface area contributed by atoms with E-state index in [2.05, 4.69) is 10.3 Å². The molecule has 0 fully saturated rings. The predicted octanol–water partition coefficient (Wildman–Crippen LogP) is 3.38. The minimum absolute atomic E-state index is 0.144. The third-order valence-corrected chi connectivity index (χ3v) is 5.48. The minimum atomic E-state index is -0.447. The van der Waals surface area contributed by atoms with E-state index in [1.807, 2.05) is 61.2 Å². The van der Waals surface area contributed by atoms with Crippen molar-refractivity contribution in [2.75, 3.05) is 39.6 Å². The number of rotatable bonds is 7. The van der Waals surface area contributed by atoms with Gasteiger partial charge in [0.1, 0.15) is 0 Å². The third kappa shape index (κ3) is 5.72. The van der Waals surface area contributed by atoms with Crippen LogP contribution in [-0.4, -0.2) is 60.2 Å². The average molecular weight is 453 g/mol. The number of nitrogens with zero attached hydrogens (tertiary/aromatic N) is 2. The van der Waals surface area contributed by atoms with Gasteiger partial charge < -0.3 is 24.8 Å². The van der Waals surface area contributed by atoms with Gasteiger partial charge in [0.05, 0.1) is 24.9 Å². The number of anilines is 1. The van der Waals surface area contributed by atoms with Crippen LogP contribution in [0.5, 0.6) is 0 Å². The second kappa shape index (κ2) is 10.4. The summed E-state index contributed by atoms with van der Waals surface area (Å²) in [4.78, 5) is 31.8. The maximum atomic E-state index is 12.7. The highest BCUT2D eigenvalue weighted by Crippen LogP contribution is 2.18. The van der Waals surface area contributed by atoms with Crippen molar-refractivity contribution in [3.63, 3.8) is 0 Å². The Bertz CT molecular complexity index is 1190. The number of nitrogens with one attached hydrogen (secondary N) is 2. The SMILES string of the molecule is COC(=O)c1ccccc1NC(=S)N(CCN(C)C)Cc1cc2cc(C)ccc2[nH]c1=O. The van der Waals surface area contributed by atoms with Crippen LogP contribution in [0.25, 0.3) is 10.9 Å². The fraction of sp³-hybridized carbons (Fsp3) is 0.292. The van der Waals surface area contributed by atoms with Crippen molar-refractivity contribution < 1.29 is 9.53 Å². The number of carbonyl (C=O) groups is 1. The van der Waals surface area contributed by atoms with E-state index in [9.17, 15) is 9.59 Å². The summed E-state index contributed by atoms with van der Waals surface area (Å²) >= 11 is 5.68. The molecule has 0 radical (unpaired) electrons. The first-order valence-electron chi connectivity index (χ1n) is 10.3. The van der Waals surface area contributed by atoms with Gasteiger partial charge in [0.2, 0.25) is 0 Å². The molecule has 2 aromatic carbocycles. The molecule has 8 heteroatoms. The summed E-state index contributed by atoms with van der Waals surface area (Å²) in [5, 5.41) is 4.56. The van der Waals surface area contributed by atoms with E-state index in [0.717, 1.165) is 23.0 Å². The number of hydrogen-bond acceptors (Lipinski definition) is 5. The summed E-state index contributed by atoms with van der Waals surface area (Å²) in [6, 6.07) is 14.9. The Kier molecular flexibility index (Phi) is 7.61. The molecule has 0 saturated heterocycles. The summed E-state index contributed by atoms with van der Waals surface area (Å²) < 4.78 is 4.87. The first-order chi connectivity index (χ1) is 15.3. The Balaban J connectivity index is 1.89. The molecule has 7 nitrogen and oxygen atoms in total. The van der Waals surface area contributed by atoms with Crippen LogP contribution < -0.4 is 10.9 Å². The molecular weight excluding hydrogens is 424 g/mol. The van der Waals surface area contributed by atoms with Crippen molar-refractivity contribution >= 4 is 39.9 Å². The molecule has 1 aromatic heterocycles. The van der Waals surface area contributed by atoms with E-state index < -0.39 is 5.97 Å². The lowest BCUT2D eigenvalue weighted by molar-refractivity contribution is 0.0602. The number of aromatic amines is 1. The number of para-hydroxylation sites is 1. The van der Waals surface area contributed by atoms with E-state index in [-0.39, 0.29) is 5.56 Å². The van der Waals surface area contributed by atoms with Gasteiger partial charge in [-0.1, -0.05) is 23.8 Å². The van der Waals surface area contributed by atoms with Crippen LogP contribution in [0.2, 0.25) is 0 Å². The molecule has 0 bridgehead atoms. The summed E-state index contributed by atoms with van der Waals surface area (Å²) in [6.07, 6.45) is 0. The van der Waals surface area contributed by atoms with E-state index in [4.69, 9.17) is 17.0 Å². The average Bonchev–Trinajstić information content (AvgIpc) is 2.76. The predicted molar refractivity (Wildman–Crippen MR) is 132 cm³/mol. The van der Waals surface area contributed by atoms with Crippen molar-refractivity contribution in [2.24, 2.45) is 0 Å². The Morgan fingerprint density at radius 3 is 2.59 bits per heavy atom. The summed E-state index contributed by atoms with van der Waals surface area (Å²) in [5.74, 6) is -0.447. The van der Waals surface area contributed by atoms with Gasteiger partial charge in [0, 0.05) is 24.2 Å². The standard InChI is InChI=1S/C24H28N4O3S/c1-16-9-10-20-17(13-16)14-18(22(29)25-20)15-28(12-11-27(2)3)24(32)26-21-8-6-5-7-19(21)23(30)31-4/h5-10,13-14H,11-12,15H2,1-4H3,(H,25,29)(H,26,32). The van der Waals surface area contributed by atoms with Crippen LogP contribution in [0.3, 0.4) is 0 Å². The number of H-pyrrole nitrogens is 1. The van der Waals surface area contributed by atoms with Crippen molar-refractivity contribution in [1.29, 1.82) is 0 Å². The molecular formula is C24H28N4O3S. The number of benzene rings is 2. The van der Waals surface area contributed by atoms with Crippen molar-refractivity contribution in [3.8, 4) is 0 Å². The largest absolute Gasteiger partial charge is 0.465 e. The molecule has 3 aromatic rings. The van der Waals surface area contributed by atoms with Crippen LogP contribution in [-0.2, 0) is 11.3 Å².